The van der Waals surface area contributed by atoms with E-state index in [-0.39, 0.29) is 19.0 Å². The number of nitrogen functional groups attached to an aromatic ring is 1. The van der Waals surface area contributed by atoms with E-state index in [0.717, 1.165) is 9.87 Å². The third-order valence-corrected chi connectivity index (χ3v) is 4.49. The summed E-state index contributed by atoms with van der Waals surface area (Å²) in [6.07, 6.45) is 0. The average molecular weight is 298 g/mol. The SMILES string of the molecule is Cc1cccc(N)c1C(=O)N1CCN(S(N)(=O)=O)CC1. The number of carbonyl (C=O) groups is 1. The zero-order valence-electron chi connectivity index (χ0n) is 11.2. The first-order chi connectivity index (χ1) is 9.30. The first-order valence-electron chi connectivity index (χ1n) is 6.23. The highest BCUT2D eigenvalue weighted by Crippen LogP contribution is 2.19. The van der Waals surface area contributed by atoms with Gasteiger partial charge in [-0.1, -0.05) is 12.1 Å². The van der Waals surface area contributed by atoms with Gasteiger partial charge in [0, 0.05) is 31.9 Å². The Morgan fingerprint density at radius 1 is 1.20 bits per heavy atom. The summed E-state index contributed by atoms with van der Waals surface area (Å²) in [6.45, 7) is 2.85. The molecule has 2 rings (SSSR count). The Hall–Kier alpha value is -1.64. The molecule has 1 saturated heterocycles. The number of rotatable bonds is 2. The van der Waals surface area contributed by atoms with Crippen molar-refractivity contribution in [3.05, 3.63) is 29.3 Å². The van der Waals surface area contributed by atoms with Crippen molar-refractivity contribution in [2.45, 2.75) is 6.92 Å². The molecule has 1 aromatic carbocycles. The summed E-state index contributed by atoms with van der Waals surface area (Å²) in [4.78, 5) is 14.0. The van der Waals surface area contributed by atoms with Gasteiger partial charge in [0.2, 0.25) is 0 Å². The van der Waals surface area contributed by atoms with Crippen molar-refractivity contribution < 1.29 is 13.2 Å². The second-order valence-electron chi connectivity index (χ2n) is 4.78. The average Bonchev–Trinajstić information content (AvgIpc) is 2.37. The molecule has 0 saturated carbocycles. The van der Waals surface area contributed by atoms with Crippen molar-refractivity contribution in [1.82, 2.24) is 9.21 Å². The summed E-state index contributed by atoms with van der Waals surface area (Å²) < 4.78 is 23.6. The summed E-state index contributed by atoms with van der Waals surface area (Å²) in [5.74, 6) is -0.172. The molecule has 1 amide bonds. The third kappa shape index (κ3) is 2.92. The minimum absolute atomic E-state index is 0.172. The predicted molar refractivity (Wildman–Crippen MR) is 76.2 cm³/mol. The number of nitrogens with zero attached hydrogens (tertiary/aromatic N) is 2. The van der Waals surface area contributed by atoms with Gasteiger partial charge in [0.15, 0.2) is 0 Å². The molecule has 1 fully saturated rings. The van der Waals surface area contributed by atoms with Gasteiger partial charge in [-0.25, -0.2) is 5.14 Å². The molecule has 0 unspecified atom stereocenters. The number of piperazine rings is 1. The predicted octanol–water partition coefficient (Wildman–Crippen LogP) is -0.461. The molecule has 0 atom stereocenters. The van der Waals surface area contributed by atoms with Crippen LogP contribution in [-0.4, -0.2) is 49.7 Å². The molecule has 1 aliphatic rings. The minimum Gasteiger partial charge on any atom is -0.398 e. The summed E-state index contributed by atoms with van der Waals surface area (Å²) in [5, 5.41) is 5.07. The molecular formula is C12H18N4O3S. The highest BCUT2D eigenvalue weighted by molar-refractivity contribution is 7.86. The van der Waals surface area contributed by atoms with Crippen LogP contribution in [0.2, 0.25) is 0 Å². The van der Waals surface area contributed by atoms with E-state index in [4.69, 9.17) is 10.9 Å². The van der Waals surface area contributed by atoms with E-state index in [2.05, 4.69) is 0 Å². The molecule has 1 aliphatic heterocycles. The number of nitrogens with two attached hydrogens (primary N) is 2. The highest BCUT2D eigenvalue weighted by Gasteiger charge is 2.28. The number of amides is 1. The van der Waals surface area contributed by atoms with Gasteiger partial charge in [-0.15, -0.1) is 0 Å². The summed E-state index contributed by atoms with van der Waals surface area (Å²) in [6, 6.07) is 5.30. The van der Waals surface area contributed by atoms with Gasteiger partial charge >= 0.3 is 0 Å². The van der Waals surface area contributed by atoms with Crippen LogP contribution in [0.25, 0.3) is 0 Å². The van der Waals surface area contributed by atoms with E-state index < -0.39 is 10.2 Å². The van der Waals surface area contributed by atoms with Crippen LogP contribution >= 0.6 is 0 Å². The number of carbonyl (C=O) groups excluding carboxylic acids is 1. The van der Waals surface area contributed by atoms with Gasteiger partial charge < -0.3 is 10.6 Å². The van der Waals surface area contributed by atoms with Gasteiger partial charge in [-0.2, -0.15) is 12.7 Å². The largest absolute Gasteiger partial charge is 0.398 e. The molecule has 4 N–H and O–H groups in total. The van der Waals surface area contributed by atoms with Crippen molar-refractivity contribution in [2.75, 3.05) is 31.9 Å². The summed E-state index contributed by atoms with van der Waals surface area (Å²) >= 11 is 0. The first kappa shape index (κ1) is 14.8. The molecule has 0 radical (unpaired) electrons. The van der Waals surface area contributed by atoms with Gasteiger partial charge in [0.05, 0.1) is 5.56 Å². The molecule has 1 heterocycles. The number of aryl methyl sites for hydroxylation is 1. The molecule has 7 nitrogen and oxygen atoms in total. The minimum atomic E-state index is -3.69. The van der Waals surface area contributed by atoms with Crippen LogP contribution in [0.1, 0.15) is 15.9 Å². The van der Waals surface area contributed by atoms with Crippen molar-refractivity contribution in [3.8, 4) is 0 Å². The standard InChI is InChI=1S/C12H18N4O3S/c1-9-3-2-4-10(13)11(9)12(17)15-5-7-16(8-6-15)20(14,18)19/h2-4H,5-8,13H2,1H3,(H2,14,18,19). The van der Waals surface area contributed by atoms with Crippen LogP contribution in [0, 0.1) is 6.92 Å². The first-order valence-corrected chi connectivity index (χ1v) is 7.73. The number of hydrogen-bond acceptors (Lipinski definition) is 4. The lowest BCUT2D eigenvalue weighted by Gasteiger charge is -2.33. The van der Waals surface area contributed by atoms with Crippen molar-refractivity contribution in [2.24, 2.45) is 5.14 Å². The summed E-state index contributed by atoms with van der Waals surface area (Å²) in [7, 11) is -3.69. The Labute approximate surface area is 118 Å². The molecule has 20 heavy (non-hydrogen) atoms. The molecule has 0 spiro atoms. The molecular weight excluding hydrogens is 280 g/mol. The Balaban J connectivity index is 2.13. The molecule has 0 aliphatic carbocycles. The molecule has 0 aromatic heterocycles. The fraction of sp³-hybridized carbons (Fsp3) is 0.417. The van der Waals surface area contributed by atoms with Gasteiger partial charge in [-0.05, 0) is 18.6 Å². The number of benzene rings is 1. The lowest BCUT2D eigenvalue weighted by atomic mass is 10.1. The zero-order valence-corrected chi connectivity index (χ0v) is 12.1. The second-order valence-corrected chi connectivity index (χ2v) is 6.32. The van der Waals surface area contributed by atoms with E-state index in [0.29, 0.717) is 24.3 Å². The van der Waals surface area contributed by atoms with E-state index in [1.54, 1.807) is 17.0 Å². The van der Waals surface area contributed by atoms with Gasteiger partial charge in [-0.3, -0.25) is 4.79 Å². The maximum atomic E-state index is 12.4. The van der Waals surface area contributed by atoms with Crippen LogP contribution in [-0.2, 0) is 10.2 Å². The lowest BCUT2D eigenvalue weighted by Crippen LogP contribution is -2.52. The Bertz CT molecular complexity index is 601. The van der Waals surface area contributed by atoms with E-state index in [9.17, 15) is 13.2 Å². The maximum absolute atomic E-state index is 12.4. The third-order valence-electron chi connectivity index (χ3n) is 3.40. The molecule has 1 aromatic rings. The second kappa shape index (κ2) is 5.39. The van der Waals surface area contributed by atoms with Crippen LogP contribution in [0.15, 0.2) is 18.2 Å². The quantitative estimate of drug-likeness (QED) is 0.720. The summed E-state index contributed by atoms with van der Waals surface area (Å²) in [5.41, 5.74) is 7.58. The van der Waals surface area contributed by atoms with Crippen LogP contribution in [0.4, 0.5) is 5.69 Å². The van der Waals surface area contributed by atoms with E-state index >= 15 is 0 Å². The fourth-order valence-electron chi connectivity index (χ4n) is 2.29. The number of anilines is 1. The highest BCUT2D eigenvalue weighted by atomic mass is 32.2. The monoisotopic (exact) mass is 298 g/mol. The van der Waals surface area contributed by atoms with Crippen LogP contribution in [0.3, 0.4) is 0 Å². The van der Waals surface area contributed by atoms with Crippen molar-refractivity contribution in [3.63, 3.8) is 0 Å². The fourth-order valence-corrected chi connectivity index (χ4v) is 2.96. The van der Waals surface area contributed by atoms with Crippen molar-refractivity contribution >= 4 is 21.8 Å². The topological polar surface area (TPSA) is 110 Å². The van der Waals surface area contributed by atoms with Gasteiger partial charge in [0.1, 0.15) is 0 Å². The normalized spacial score (nSPS) is 17.2. The maximum Gasteiger partial charge on any atom is 0.277 e. The smallest absolute Gasteiger partial charge is 0.277 e. The Morgan fingerprint density at radius 3 is 2.30 bits per heavy atom. The lowest BCUT2D eigenvalue weighted by molar-refractivity contribution is 0.0698. The van der Waals surface area contributed by atoms with Crippen LogP contribution in [0.5, 0.6) is 0 Å². The van der Waals surface area contributed by atoms with E-state index in [1.165, 1.54) is 0 Å². The Morgan fingerprint density at radius 2 is 1.80 bits per heavy atom. The van der Waals surface area contributed by atoms with E-state index in [1.807, 2.05) is 13.0 Å². The molecule has 0 bridgehead atoms. The zero-order chi connectivity index (χ0) is 14.9. The number of hydrogen-bond donors (Lipinski definition) is 2. The van der Waals surface area contributed by atoms with Crippen molar-refractivity contribution in [1.29, 1.82) is 0 Å². The van der Waals surface area contributed by atoms with Crippen LogP contribution < -0.4 is 10.9 Å². The molecule has 110 valence electrons. The van der Waals surface area contributed by atoms with Gasteiger partial charge in [0.25, 0.3) is 16.1 Å². The molecule has 8 heteroatoms. The Kier molecular flexibility index (Phi) is 3.98.